The van der Waals surface area contributed by atoms with Crippen LogP contribution in [0.4, 0.5) is 0 Å². The topological polar surface area (TPSA) is 99.9 Å². The van der Waals surface area contributed by atoms with Crippen LogP contribution in [-0.2, 0) is 12.1 Å². The van der Waals surface area contributed by atoms with Crippen molar-refractivity contribution in [3.8, 4) is 0 Å². The number of hydrogen-bond acceptors (Lipinski definition) is 6. The van der Waals surface area contributed by atoms with Gasteiger partial charge in [-0.15, -0.1) is 5.10 Å². The van der Waals surface area contributed by atoms with Crippen LogP contribution in [0, 0.1) is 6.92 Å². The largest absolute Gasteiger partial charge is 0.396 e. The molecule has 0 unspecified atom stereocenters. The molecule has 2 saturated carbocycles. The van der Waals surface area contributed by atoms with Crippen molar-refractivity contribution < 1.29 is 5.11 Å². The third-order valence-corrected chi connectivity index (χ3v) is 7.89. The van der Waals surface area contributed by atoms with Gasteiger partial charge in [-0.1, -0.05) is 43.7 Å². The summed E-state index contributed by atoms with van der Waals surface area (Å²) in [5.74, 6) is 0.949. The molecule has 8 heteroatoms. The lowest BCUT2D eigenvalue weighted by Gasteiger charge is -2.45. The van der Waals surface area contributed by atoms with Gasteiger partial charge in [0.05, 0.1) is 11.6 Å². The molecule has 182 valence electrons. The third-order valence-electron chi connectivity index (χ3n) is 7.89. The number of benzene rings is 1. The average molecular weight is 465 g/mol. The zero-order valence-corrected chi connectivity index (χ0v) is 20.2. The van der Waals surface area contributed by atoms with Crippen LogP contribution in [0.3, 0.4) is 0 Å². The van der Waals surface area contributed by atoms with Crippen molar-refractivity contribution in [2.24, 2.45) is 0 Å². The number of tetrazole rings is 1. The Morgan fingerprint density at radius 3 is 2.71 bits per heavy atom. The lowest BCUT2D eigenvalue weighted by molar-refractivity contribution is 0.0210. The van der Waals surface area contributed by atoms with E-state index in [0.29, 0.717) is 25.6 Å². The van der Waals surface area contributed by atoms with Crippen molar-refractivity contribution in [3.63, 3.8) is 0 Å². The molecule has 0 aliphatic heterocycles. The summed E-state index contributed by atoms with van der Waals surface area (Å²) in [6.07, 6.45) is 10.7. The molecule has 2 heterocycles. The first-order valence-electron chi connectivity index (χ1n) is 12.9. The number of aromatic nitrogens is 5. The fraction of sp³-hybridized carbons (Fsp3) is 0.615. The quantitative estimate of drug-likeness (QED) is 0.523. The molecule has 0 spiro atoms. The second-order valence-corrected chi connectivity index (χ2v) is 10.2. The van der Waals surface area contributed by atoms with Gasteiger partial charge in [-0.05, 0) is 73.0 Å². The molecule has 0 bridgehead atoms. The molecule has 2 aliphatic carbocycles. The normalized spacial score (nSPS) is 18.8. The average Bonchev–Trinajstić information content (AvgIpc) is 3.55. The summed E-state index contributed by atoms with van der Waals surface area (Å²) < 4.78 is 2.10. The maximum Gasteiger partial charge on any atom is 0.252 e. The standard InChI is InChI=1S/C26H36N6O2/c1-19-10-11-23-20(16-19)17-21(24(34)27-23)18-31(14-7-15-33)26(12-5-2-6-13-26)25-28-29-30-32(25)22-8-3-4-9-22/h10-11,16-17,22,33H,2-9,12-15,18H2,1H3,(H,27,34). The second kappa shape index (κ2) is 9.96. The van der Waals surface area contributed by atoms with Crippen molar-refractivity contribution >= 4 is 10.9 Å². The van der Waals surface area contributed by atoms with Gasteiger partial charge in [0.25, 0.3) is 5.56 Å². The molecule has 2 aliphatic rings. The highest BCUT2D eigenvalue weighted by Gasteiger charge is 2.45. The van der Waals surface area contributed by atoms with Gasteiger partial charge >= 0.3 is 0 Å². The Balaban J connectivity index is 1.57. The molecule has 0 atom stereocenters. The molecule has 8 nitrogen and oxygen atoms in total. The zero-order valence-electron chi connectivity index (χ0n) is 20.2. The van der Waals surface area contributed by atoms with E-state index in [1.807, 2.05) is 18.2 Å². The van der Waals surface area contributed by atoms with E-state index in [-0.39, 0.29) is 17.7 Å². The smallest absolute Gasteiger partial charge is 0.252 e. The zero-order chi connectivity index (χ0) is 23.5. The van der Waals surface area contributed by atoms with Gasteiger partial charge in [-0.25, -0.2) is 4.68 Å². The minimum atomic E-state index is -0.326. The molecule has 0 radical (unpaired) electrons. The molecule has 2 fully saturated rings. The van der Waals surface area contributed by atoms with E-state index >= 15 is 0 Å². The maximum atomic E-state index is 13.1. The number of aryl methyl sites for hydroxylation is 1. The minimum absolute atomic E-state index is 0.0494. The number of H-pyrrole nitrogens is 1. The molecule has 1 aromatic carbocycles. The van der Waals surface area contributed by atoms with Crippen molar-refractivity contribution in [1.82, 2.24) is 30.1 Å². The fourth-order valence-electron chi connectivity index (χ4n) is 6.11. The number of nitrogens with zero attached hydrogens (tertiary/aromatic N) is 5. The Hall–Kier alpha value is -2.58. The van der Waals surface area contributed by atoms with Crippen LogP contribution in [-0.4, -0.2) is 48.3 Å². The summed E-state index contributed by atoms with van der Waals surface area (Å²) in [6, 6.07) is 8.49. The van der Waals surface area contributed by atoms with Crippen LogP contribution in [0.2, 0.25) is 0 Å². The first-order chi connectivity index (χ1) is 16.6. The molecule has 2 N–H and O–H groups in total. The van der Waals surface area contributed by atoms with Crippen LogP contribution in [0.5, 0.6) is 0 Å². The van der Waals surface area contributed by atoms with Gasteiger partial charge in [-0.3, -0.25) is 9.69 Å². The second-order valence-electron chi connectivity index (χ2n) is 10.2. The Morgan fingerprint density at radius 1 is 1.15 bits per heavy atom. The summed E-state index contributed by atoms with van der Waals surface area (Å²) in [7, 11) is 0. The van der Waals surface area contributed by atoms with Crippen LogP contribution in [0.25, 0.3) is 10.9 Å². The fourth-order valence-corrected chi connectivity index (χ4v) is 6.11. The van der Waals surface area contributed by atoms with Crippen molar-refractivity contribution in [3.05, 3.63) is 51.6 Å². The lowest BCUT2D eigenvalue weighted by Crippen LogP contribution is -2.50. The van der Waals surface area contributed by atoms with Crippen molar-refractivity contribution in [2.75, 3.05) is 13.2 Å². The van der Waals surface area contributed by atoms with Gasteiger partial charge in [0.2, 0.25) is 0 Å². The predicted molar refractivity (Wildman–Crippen MR) is 132 cm³/mol. The summed E-state index contributed by atoms with van der Waals surface area (Å²) in [6.45, 7) is 3.39. The van der Waals surface area contributed by atoms with Gasteiger partial charge in [-0.2, -0.15) is 0 Å². The van der Waals surface area contributed by atoms with E-state index in [1.165, 1.54) is 24.8 Å². The molecule has 34 heavy (non-hydrogen) atoms. The molecular formula is C26H36N6O2. The molecular weight excluding hydrogens is 428 g/mol. The van der Waals surface area contributed by atoms with Crippen LogP contribution in [0.15, 0.2) is 29.1 Å². The number of nitrogens with one attached hydrogen (secondary N) is 1. The Kier molecular flexibility index (Phi) is 6.79. The van der Waals surface area contributed by atoms with Crippen LogP contribution in [0.1, 0.15) is 87.2 Å². The molecule has 2 aromatic heterocycles. The number of aliphatic hydroxyl groups is 1. The van der Waals surface area contributed by atoms with E-state index in [9.17, 15) is 9.90 Å². The Labute approximate surface area is 200 Å². The Morgan fingerprint density at radius 2 is 1.94 bits per heavy atom. The van der Waals surface area contributed by atoms with E-state index in [0.717, 1.165) is 60.8 Å². The first kappa shape index (κ1) is 23.2. The number of aliphatic hydroxyl groups excluding tert-OH is 1. The summed E-state index contributed by atoms with van der Waals surface area (Å²) in [5, 5.41) is 24.0. The lowest BCUT2D eigenvalue weighted by atomic mass is 9.78. The highest BCUT2D eigenvalue weighted by Crippen LogP contribution is 2.44. The molecule has 0 saturated heterocycles. The summed E-state index contributed by atoms with van der Waals surface area (Å²) >= 11 is 0. The van der Waals surface area contributed by atoms with Crippen LogP contribution < -0.4 is 5.56 Å². The predicted octanol–water partition coefficient (Wildman–Crippen LogP) is 3.98. The van der Waals surface area contributed by atoms with Gasteiger partial charge in [0.15, 0.2) is 5.82 Å². The van der Waals surface area contributed by atoms with Gasteiger partial charge in [0.1, 0.15) is 0 Å². The highest BCUT2D eigenvalue weighted by molar-refractivity contribution is 5.79. The number of hydrogen-bond donors (Lipinski definition) is 2. The number of rotatable bonds is 8. The summed E-state index contributed by atoms with van der Waals surface area (Å²) in [5.41, 5.74) is 2.40. The van der Waals surface area contributed by atoms with Gasteiger partial charge < -0.3 is 10.1 Å². The summed E-state index contributed by atoms with van der Waals surface area (Å²) in [4.78, 5) is 18.6. The van der Waals surface area contributed by atoms with E-state index in [2.05, 4.69) is 43.1 Å². The SMILES string of the molecule is Cc1ccc2[nH]c(=O)c(CN(CCCO)C3(c4nnnn4C4CCCC4)CCCCC3)cc2c1. The van der Waals surface area contributed by atoms with E-state index in [4.69, 9.17) is 0 Å². The van der Waals surface area contributed by atoms with Crippen molar-refractivity contribution in [2.45, 2.75) is 89.3 Å². The minimum Gasteiger partial charge on any atom is -0.396 e. The van der Waals surface area contributed by atoms with E-state index < -0.39 is 0 Å². The van der Waals surface area contributed by atoms with Crippen LogP contribution >= 0.6 is 0 Å². The number of fused-ring (bicyclic) bond motifs is 1. The highest BCUT2D eigenvalue weighted by atomic mass is 16.3. The first-order valence-corrected chi connectivity index (χ1v) is 12.9. The molecule has 0 amide bonds. The molecule has 3 aromatic rings. The van der Waals surface area contributed by atoms with Crippen molar-refractivity contribution in [1.29, 1.82) is 0 Å². The van der Waals surface area contributed by atoms with E-state index in [1.54, 1.807) is 0 Å². The molecule has 5 rings (SSSR count). The van der Waals surface area contributed by atoms with Gasteiger partial charge in [0, 0.05) is 30.8 Å². The monoisotopic (exact) mass is 464 g/mol. The number of aromatic amines is 1. The Bertz CT molecular complexity index is 1170. The number of pyridine rings is 1. The maximum absolute atomic E-state index is 13.1. The third kappa shape index (κ3) is 4.41.